The lowest BCUT2D eigenvalue weighted by molar-refractivity contribution is -0.127. The first-order chi connectivity index (χ1) is 7.56. The van der Waals surface area contributed by atoms with Gasteiger partial charge >= 0.3 is 0 Å². The molecular formula is C13H22N2O. The van der Waals surface area contributed by atoms with Crippen LogP contribution in [0.4, 0.5) is 0 Å². The third-order valence-corrected chi connectivity index (χ3v) is 3.29. The standard InChI is InChI=1S/C13H22N2O/c1-13(2,10-14)12(16)15-11-8-6-4-3-5-7-9-11/h11H,3-9H2,1-2H3,(H,15,16). The van der Waals surface area contributed by atoms with E-state index in [-0.39, 0.29) is 11.9 Å². The van der Waals surface area contributed by atoms with Crippen molar-refractivity contribution >= 4 is 5.91 Å². The van der Waals surface area contributed by atoms with E-state index >= 15 is 0 Å². The minimum atomic E-state index is -0.900. The number of hydrogen-bond donors (Lipinski definition) is 1. The van der Waals surface area contributed by atoms with E-state index in [0.29, 0.717) is 0 Å². The Kier molecular flexibility index (Phi) is 4.79. The maximum Gasteiger partial charge on any atom is 0.240 e. The summed E-state index contributed by atoms with van der Waals surface area (Å²) in [7, 11) is 0. The van der Waals surface area contributed by atoms with E-state index in [0.717, 1.165) is 12.8 Å². The van der Waals surface area contributed by atoms with Gasteiger partial charge in [0, 0.05) is 6.04 Å². The zero-order chi connectivity index (χ0) is 12.0. The van der Waals surface area contributed by atoms with E-state index < -0.39 is 5.41 Å². The topological polar surface area (TPSA) is 52.9 Å². The lowest BCUT2D eigenvalue weighted by Crippen LogP contribution is -2.42. The molecule has 0 aromatic heterocycles. The molecule has 0 atom stereocenters. The Hall–Kier alpha value is -1.04. The van der Waals surface area contributed by atoms with Gasteiger partial charge in [-0.1, -0.05) is 32.1 Å². The number of carbonyl (C=O) groups is 1. The average molecular weight is 222 g/mol. The van der Waals surface area contributed by atoms with Crippen LogP contribution in [0.3, 0.4) is 0 Å². The molecule has 1 aliphatic rings. The number of carbonyl (C=O) groups excluding carboxylic acids is 1. The van der Waals surface area contributed by atoms with Crippen LogP contribution in [0.5, 0.6) is 0 Å². The molecule has 1 amide bonds. The predicted octanol–water partition coefficient (Wildman–Crippen LogP) is 2.77. The van der Waals surface area contributed by atoms with Crippen LogP contribution in [0.15, 0.2) is 0 Å². The fourth-order valence-electron chi connectivity index (χ4n) is 2.02. The second kappa shape index (κ2) is 5.89. The maximum atomic E-state index is 11.8. The van der Waals surface area contributed by atoms with Crippen molar-refractivity contribution in [1.82, 2.24) is 5.32 Å². The molecule has 0 aliphatic heterocycles. The molecule has 0 aromatic rings. The molecular weight excluding hydrogens is 200 g/mol. The zero-order valence-corrected chi connectivity index (χ0v) is 10.4. The number of hydrogen-bond acceptors (Lipinski definition) is 2. The number of nitrogens with one attached hydrogen (secondary N) is 1. The SMILES string of the molecule is CC(C)(C#N)C(=O)NC1CCCCCCC1. The van der Waals surface area contributed by atoms with Crippen LogP contribution in [-0.4, -0.2) is 11.9 Å². The van der Waals surface area contributed by atoms with E-state index in [1.54, 1.807) is 13.8 Å². The molecule has 3 nitrogen and oxygen atoms in total. The van der Waals surface area contributed by atoms with Gasteiger partial charge in [0.2, 0.25) is 5.91 Å². The third kappa shape index (κ3) is 3.84. The summed E-state index contributed by atoms with van der Waals surface area (Å²) in [5.41, 5.74) is -0.900. The molecule has 0 aromatic carbocycles. The van der Waals surface area contributed by atoms with E-state index in [9.17, 15) is 4.79 Å². The Bertz CT molecular complexity index is 270. The molecule has 0 bridgehead atoms. The van der Waals surface area contributed by atoms with E-state index in [4.69, 9.17) is 5.26 Å². The number of amides is 1. The smallest absolute Gasteiger partial charge is 0.240 e. The lowest BCUT2D eigenvalue weighted by Gasteiger charge is -2.24. The Labute approximate surface area is 98.2 Å². The molecule has 0 unspecified atom stereocenters. The van der Waals surface area contributed by atoms with Gasteiger partial charge in [0.25, 0.3) is 0 Å². The van der Waals surface area contributed by atoms with Gasteiger partial charge in [-0.15, -0.1) is 0 Å². The minimum absolute atomic E-state index is 0.124. The number of nitrogens with zero attached hydrogens (tertiary/aromatic N) is 1. The summed E-state index contributed by atoms with van der Waals surface area (Å²) in [4.78, 5) is 11.8. The van der Waals surface area contributed by atoms with E-state index in [2.05, 4.69) is 5.32 Å². The zero-order valence-electron chi connectivity index (χ0n) is 10.4. The lowest BCUT2D eigenvalue weighted by atomic mass is 9.92. The van der Waals surface area contributed by atoms with Crippen LogP contribution < -0.4 is 5.32 Å². The normalized spacial score (nSPS) is 19.3. The van der Waals surface area contributed by atoms with Crippen LogP contribution in [0.1, 0.15) is 58.8 Å². The molecule has 0 spiro atoms. The monoisotopic (exact) mass is 222 g/mol. The predicted molar refractivity (Wildman–Crippen MR) is 63.6 cm³/mol. The highest BCUT2D eigenvalue weighted by atomic mass is 16.2. The van der Waals surface area contributed by atoms with Gasteiger partial charge in [0.1, 0.15) is 5.41 Å². The summed E-state index contributed by atoms with van der Waals surface area (Å²) in [6, 6.07) is 2.32. The third-order valence-electron chi connectivity index (χ3n) is 3.29. The molecule has 1 aliphatic carbocycles. The minimum Gasteiger partial charge on any atom is -0.352 e. The summed E-state index contributed by atoms with van der Waals surface area (Å²) in [5.74, 6) is -0.124. The maximum absolute atomic E-state index is 11.8. The van der Waals surface area contributed by atoms with Crippen molar-refractivity contribution in [3.05, 3.63) is 0 Å². The Morgan fingerprint density at radius 3 is 2.19 bits per heavy atom. The summed E-state index contributed by atoms with van der Waals surface area (Å²) in [5, 5.41) is 11.9. The first-order valence-electron chi connectivity index (χ1n) is 6.28. The van der Waals surface area contributed by atoms with Gasteiger partial charge in [0.05, 0.1) is 6.07 Å². The fraction of sp³-hybridized carbons (Fsp3) is 0.846. The van der Waals surface area contributed by atoms with Crippen LogP contribution in [-0.2, 0) is 4.79 Å². The van der Waals surface area contributed by atoms with Crippen molar-refractivity contribution in [1.29, 1.82) is 5.26 Å². The summed E-state index contributed by atoms with van der Waals surface area (Å²) < 4.78 is 0. The second-order valence-electron chi connectivity index (χ2n) is 5.25. The van der Waals surface area contributed by atoms with Crippen molar-refractivity contribution in [2.24, 2.45) is 5.41 Å². The van der Waals surface area contributed by atoms with E-state index in [1.807, 2.05) is 6.07 Å². The summed E-state index contributed by atoms with van der Waals surface area (Å²) in [6.07, 6.45) is 8.38. The summed E-state index contributed by atoms with van der Waals surface area (Å²) >= 11 is 0. The van der Waals surface area contributed by atoms with Gasteiger partial charge in [0.15, 0.2) is 0 Å². The van der Waals surface area contributed by atoms with Gasteiger partial charge in [-0.3, -0.25) is 4.79 Å². The van der Waals surface area contributed by atoms with Crippen molar-refractivity contribution in [3.8, 4) is 6.07 Å². The van der Waals surface area contributed by atoms with Gasteiger partial charge in [-0.25, -0.2) is 0 Å². The van der Waals surface area contributed by atoms with Crippen molar-refractivity contribution in [3.63, 3.8) is 0 Å². The molecule has 1 N–H and O–H groups in total. The van der Waals surface area contributed by atoms with Gasteiger partial charge < -0.3 is 5.32 Å². The molecule has 3 heteroatoms. The molecule has 1 saturated carbocycles. The first-order valence-corrected chi connectivity index (χ1v) is 6.28. The second-order valence-corrected chi connectivity index (χ2v) is 5.25. The van der Waals surface area contributed by atoms with Crippen LogP contribution in [0.2, 0.25) is 0 Å². The Balaban J connectivity index is 2.46. The van der Waals surface area contributed by atoms with Crippen molar-refractivity contribution in [2.45, 2.75) is 64.8 Å². The molecule has 1 rings (SSSR count). The highest BCUT2D eigenvalue weighted by Gasteiger charge is 2.28. The molecule has 0 radical (unpaired) electrons. The first kappa shape index (κ1) is 13.0. The van der Waals surface area contributed by atoms with Gasteiger partial charge in [-0.05, 0) is 26.7 Å². The van der Waals surface area contributed by atoms with Crippen LogP contribution >= 0.6 is 0 Å². The van der Waals surface area contributed by atoms with E-state index in [1.165, 1.54) is 32.1 Å². The average Bonchev–Trinajstić information content (AvgIpc) is 2.21. The molecule has 0 heterocycles. The molecule has 16 heavy (non-hydrogen) atoms. The van der Waals surface area contributed by atoms with Crippen molar-refractivity contribution < 1.29 is 4.79 Å². The Morgan fingerprint density at radius 1 is 1.19 bits per heavy atom. The number of nitriles is 1. The van der Waals surface area contributed by atoms with Crippen LogP contribution in [0.25, 0.3) is 0 Å². The quantitative estimate of drug-likeness (QED) is 0.781. The molecule has 0 saturated heterocycles. The Morgan fingerprint density at radius 2 is 1.69 bits per heavy atom. The fourth-order valence-corrected chi connectivity index (χ4v) is 2.02. The molecule has 1 fully saturated rings. The summed E-state index contributed by atoms with van der Waals surface area (Å²) in [6.45, 7) is 3.34. The number of rotatable bonds is 2. The highest BCUT2D eigenvalue weighted by molar-refractivity contribution is 5.84. The highest BCUT2D eigenvalue weighted by Crippen LogP contribution is 2.19. The largest absolute Gasteiger partial charge is 0.352 e. The van der Waals surface area contributed by atoms with Crippen molar-refractivity contribution in [2.75, 3.05) is 0 Å². The van der Waals surface area contributed by atoms with Gasteiger partial charge in [-0.2, -0.15) is 5.26 Å². The van der Waals surface area contributed by atoms with Crippen LogP contribution in [0, 0.1) is 16.7 Å². The molecule has 90 valence electrons.